The molecule has 0 saturated heterocycles. The number of rotatable bonds is 6. The highest BCUT2D eigenvalue weighted by molar-refractivity contribution is 7.89. The van der Waals surface area contributed by atoms with Crippen molar-refractivity contribution in [2.24, 2.45) is 0 Å². The molecule has 1 aliphatic carbocycles. The fourth-order valence-corrected chi connectivity index (χ4v) is 3.77. The predicted octanol–water partition coefficient (Wildman–Crippen LogP) is 0.679. The fourth-order valence-electron chi connectivity index (χ4n) is 2.49. The van der Waals surface area contributed by atoms with E-state index in [2.05, 4.69) is 4.72 Å². The molecule has 0 aromatic heterocycles. The lowest BCUT2D eigenvalue weighted by molar-refractivity contribution is -0.139. The molecular formula is C14H19NO5S. The third-order valence-corrected chi connectivity index (χ3v) is 5.11. The third-order valence-electron chi connectivity index (χ3n) is 3.64. The van der Waals surface area contributed by atoms with Gasteiger partial charge in [0.2, 0.25) is 10.0 Å². The van der Waals surface area contributed by atoms with Crippen LogP contribution < -0.4 is 4.72 Å². The second-order valence-corrected chi connectivity index (χ2v) is 6.88. The molecule has 1 atom stereocenters. The molecule has 2 rings (SSSR count). The highest BCUT2D eigenvalue weighted by Gasteiger charge is 2.25. The van der Waals surface area contributed by atoms with Crippen molar-refractivity contribution < 1.29 is 23.4 Å². The number of fused-ring (bicyclic) bond motifs is 1. The van der Waals surface area contributed by atoms with Crippen molar-refractivity contribution in [1.29, 1.82) is 0 Å². The third kappa shape index (κ3) is 3.81. The lowest BCUT2D eigenvalue weighted by atomic mass is 9.92. The van der Waals surface area contributed by atoms with Crippen LogP contribution in [-0.2, 0) is 27.7 Å². The summed E-state index contributed by atoms with van der Waals surface area (Å²) in [6.07, 6.45) is 3.77. The Bertz CT molecular complexity index is 626. The van der Waals surface area contributed by atoms with Gasteiger partial charge >= 0.3 is 5.97 Å². The number of nitrogens with one attached hydrogen (secondary N) is 1. The molecule has 0 saturated carbocycles. The van der Waals surface area contributed by atoms with Crippen LogP contribution in [-0.4, -0.2) is 37.2 Å². The molecule has 0 fully saturated rings. The Labute approximate surface area is 123 Å². The second-order valence-electron chi connectivity index (χ2n) is 5.16. The number of aliphatic hydroxyl groups excluding tert-OH is 1. The van der Waals surface area contributed by atoms with Crippen molar-refractivity contribution in [3.05, 3.63) is 29.3 Å². The first-order valence-electron chi connectivity index (χ1n) is 6.92. The topological polar surface area (TPSA) is 104 Å². The SMILES string of the molecule is O=C(O)[C@H](CCO)NS(=O)(=O)c1ccc2c(c1)CCCC2. The van der Waals surface area contributed by atoms with E-state index >= 15 is 0 Å². The van der Waals surface area contributed by atoms with Gasteiger partial charge in [-0.15, -0.1) is 0 Å². The molecule has 1 aliphatic rings. The average Bonchev–Trinajstić information content (AvgIpc) is 2.46. The van der Waals surface area contributed by atoms with E-state index in [0.29, 0.717) is 0 Å². The molecule has 0 unspecified atom stereocenters. The number of carboxylic acids is 1. The van der Waals surface area contributed by atoms with Gasteiger partial charge in [0.1, 0.15) is 6.04 Å². The molecular weight excluding hydrogens is 294 g/mol. The van der Waals surface area contributed by atoms with Gasteiger partial charge in [0.05, 0.1) is 4.90 Å². The van der Waals surface area contributed by atoms with Gasteiger partial charge < -0.3 is 10.2 Å². The summed E-state index contributed by atoms with van der Waals surface area (Å²) in [6.45, 7) is -0.399. The number of carbonyl (C=O) groups is 1. The van der Waals surface area contributed by atoms with E-state index in [1.165, 1.54) is 6.07 Å². The number of hydrogen-bond acceptors (Lipinski definition) is 4. The lowest BCUT2D eigenvalue weighted by Crippen LogP contribution is -2.41. The Kier molecular flexibility index (Phi) is 4.97. The van der Waals surface area contributed by atoms with Crippen LogP contribution in [0.4, 0.5) is 0 Å². The number of aryl methyl sites for hydroxylation is 2. The van der Waals surface area contributed by atoms with Gasteiger partial charge in [-0.25, -0.2) is 8.42 Å². The van der Waals surface area contributed by atoms with Crippen LogP contribution >= 0.6 is 0 Å². The van der Waals surface area contributed by atoms with Crippen LogP contribution in [0.3, 0.4) is 0 Å². The van der Waals surface area contributed by atoms with E-state index in [9.17, 15) is 13.2 Å². The summed E-state index contributed by atoms with van der Waals surface area (Å²) in [4.78, 5) is 11.1. The smallest absolute Gasteiger partial charge is 0.321 e. The number of carboxylic acid groups (broad SMARTS) is 1. The molecule has 21 heavy (non-hydrogen) atoms. The van der Waals surface area contributed by atoms with E-state index < -0.39 is 28.6 Å². The van der Waals surface area contributed by atoms with Crippen molar-refractivity contribution in [1.82, 2.24) is 4.72 Å². The lowest BCUT2D eigenvalue weighted by Gasteiger charge is -2.18. The van der Waals surface area contributed by atoms with Gasteiger partial charge in [0.15, 0.2) is 0 Å². The maximum absolute atomic E-state index is 12.3. The number of aliphatic carboxylic acids is 1. The minimum atomic E-state index is -3.90. The van der Waals surface area contributed by atoms with Gasteiger partial charge in [-0.2, -0.15) is 4.72 Å². The molecule has 7 heteroatoms. The normalized spacial score (nSPS) is 16.2. The van der Waals surface area contributed by atoms with E-state index in [1.54, 1.807) is 12.1 Å². The summed E-state index contributed by atoms with van der Waals surface area (Å²) in [5.41, 5.74) is 2.17. The Hall–Kier alpha value is -1.44. The molecule has 116 valence electrons. The van der Waals surface area contributed by atoms with E-state index in [1.807, 2.05) is 0 Å². The van der Waals surface area contributed by atoms with Gasteiger partial charge in [-0.3, -0.25) is 4.79 Å². The van der Waals surface area contributed by atoms with Crippen molar-refractivity contribution in [2.75, 3.05) is 6.61 Å². The highest BCUT2D eigenvalue weighted by Crippen LogP contribution is 2.24. The van der Waals surface area contributed by atoms with Gasteiger partial charge in [-0.1, -0.05) is 6.07 Å². The minimum absolute atomic E-state index is 0.0762. The first kappa shape index (κ1) is 15.9. The molecule has 0 spiro atoms. The predicted molar refractivity (Wildman–Crippen MR) is 76.5 cm³/mol. The quantitative estimate of drug-likeness (QED) is 0.716. The zero-order valence-corrected chi connectivity index (χ0v) is 12.4. The maximum atomic E-state index is 12.3. The minimum Gasteiger partial charge on any atom is -0.480 e. The Balaban J connectivity index is 2.24. The molecule has 6 nitrogen and oxygen atoms in total. The Morgan fingerprint density at radius 1 is 1.24 bits per heavy atom. The van der Waals surface area contributed by atoms with Crippen LogP contribution in [0, 0.1) is 0 Å². The van der Waals surface area contributed by atoms with E-state index in [-0.39, 0.29) is 11.3 Å². The van der Waals surface area contributed by atoms with Gasteiger partial charge in [0.25, 0.3) is 0 Å². The number of aliphatic hydroxyl groups is 1. The summed E-state index contributed by atoms with van der Waals surface area (Å²) >= 11 is 0. The first-order chi connectivity index (χ1) is 9.94. The summed E-state index contributed by atoms with van der Waals surface area (Å²) in [6, 6.07) is 3.60. The molecule has 0 amide bonds. The summed E-state index contributed by atoms with van der Waals surface area (Å²) in [7, 11) is -3.90. The molecule has 3 N–H and O–H groups in total. The average molecular weight is 313 g/mol. The van der Waals surface area contributed by atoms with Crippen molar-refractivity contribution in [3.63, 3.8) is 0 Å². The van der Waals surface area contributed by atoms with Crippen LogP contribution in [0.5, 0.6) is 0 Å². The van der Waals surface area contributed by atoms with Crippen LogP contribution in [0.2, 0.25) is 0 Å². The molecule has 0 bridgehead atoms. The molecule has 1 aromatic carbocycles. The monoisotopic (exact) mass is 313 g/mol. The van der Waals surface area contributed by atoms with Gasteiger partial charge in [-0.05, 0) is 55.4 Å². The largest absolute Gasteiger partial charge is 0.480 e. The second kappa shape index (κ2) is 6.55. The zero-order valence-electron chi connectivity index (χ0n) is 11.6. The first-order valence-corrected chi connectivity index (χ1v) is 8.40. The standard InChI is InChI=1S/C14H19NO5S/c16-8-7-13(14(17)18)15-21(19,20)12-6-5-10-3-1-2-4-11(10)9-12/h5-6,9,13,15-16H,1-4,7-8H2,(H,17,18)/t13-/m0/s1. The number of benzene rings is 1. The van der Waals surface area contributed by atoms with Crippen LogP contribution in [0.1, 0.15) is 30.4 Å². The Morgan fingerprint density at radius 3 is 2.52 bits per heavy atom. The summed E-state index contributed by atoms with van der Waals surface area (Å²) in [5, 5.41) is 17.8. The van der Waals surface area contributed by atoms with Crippen LogP contribution in [0.25, 0.3) is 0 Å². The van der Waals surface area contributed by atoms with E-state index in [0.717, 1.165) is 36.8 Å². The molecule has 0 aliphatic heterocycles. The van der Waals surface area contributed by atoms with Crippen LogP contribution in [0.15, 0.2) is 23.1 Å². The fraction of sp³-hybridized carbons (Fsp3) is 0.500. The highest BCUT2D eigenvalue weighted by atomic mass is 32.2. The molecule has 0 heterocycles. The molecule has 0 radical (unpaired) electrons. The van der Waals surface area contributed by atoms with Crippen molar-refractivity contribution >= 4 is 16.0 Å². The summed E-state index contributed by atoms with van der Waals surface area (Å²) < 4.78 is 26.6. The van der Waals surface area contributed by atoms with Crippen molar-refractivity contribution in [3.8, 4) is 0 Å². The number of hydrogen-bond donors (Lipinski definition) is 3. The zero-order chi connectivity index (χ0) is 15.5. The maximum Gasteiger partial charge on any atom is 0.321 e. The number of sulfonamides is 1. The summed E-state index contributed by atoms with van der Waals surface area (Å²) in [5.74, 6) is -1.30. The Morgan fingerprint density at radius 2 is 1.90 bits per heavy atom. The van der Waals surface area contributed by atoms with E-state index in [4.69, 9.17) is 10.2 Å². The van der Waals surface area contributed by atoms with Crippen molar-refractivity contribution in [2.45, 2.75) is 43.0 Å². The molecule has 1 aromatic rings. The van der Waals surface area contributed by atoms with Gasteiger partial charge in [0, 0.05) is 6.61 Å².